The van der Waals surface area contributed by atoms with Crippen molar-refractivity contribution in [3.8, 4) is 6.07 Å². The molecule has 1 aliphatic rings. The van der Waals surface area contributed by atoms with E-state index < -0.39 is 0 Å². The van der Waals surface area contributed by atoms with Crippen molar-refractivity contribution in [1.29, 1.82) is 5.26 Å². The molecule has 2 nitrogen and oxygen atoms in total. The molecule has 0 radical (unpaired) electrons. The first kappa shape index (κ1) is 13.6. The monoisotopic (exact) mass is 279 g/mol. The van der Waals surface area contributed by atoms with Crippen molar-refractivity contribution in [3.05, 3.63) is 16.0 Å². The summed E-state index contributed by atoms with van der Waals surface area (Å²) in [6, 6.07) is 2.33. The molecule has 1 aromatic heterocycles. The van der Waals surface area contributed by atoms with Gasteiger partial charge < -0.3 is 0 Å². The lowest BCUT2D eigenvalue weighted by Gasteiger charge is -2.22. The van der Waals surface area contributed by atoms with Crippen LogP contribution in [0.2, 0.25) is 0 Å². The highest BCUT2D eigenvalue weighted by Gasteiger charge is 2.27. The first-order valence-electron chi connectivity index (χ1n) is 6.30. The predicted molar refractivity (Wildman–Crippen MR) is 76.6 cm³/mol. The van der Waals surface area contributed by atoms with Gasteiger partial charge in [-0.3, -0.25) is 4.79 Å². The van der Waals surface area contributed by atoms with Gasteiger partial charge in [0.15, 0.2) is 5.78 Å². The minimum absolute atomic E-state index is 0.109. The van der Waals surface area contributed by atoms with E-state index in [-0.39, 0.29) is 5.78 Å². The number of Topliss-reactive ketones (excluding diaryl/α,β-unsaturated/α-hetero) is 1. The second-order valence-corrected chi connectivity index (χ2v) is 6.81. The summed E-state index contributed by atoms with van der Waals surface area (Å²) in [6.45, 7) is 1.61. The van der Waals surface area contributed by atoms with Gasteiger partial charge in [0, 0.05) is 0 Å². The summed E-state index contributed by atoms with van der Waals surface area (Å²) in [5.41, 5.74) is 1.82. The van der Waals surface area contributed by atoms with Crippen molar-refractivity contribution in [2.75, 3.05) is 6.26 Å². The molecule has 0 N–H and O–H groups in total. The molecule has 4 heteroatoms. The van der Waals surface area contributed by atoms with Crippen molar-refractivity contribution in [2.45, 2.75) is 49.2 Å². The maximum absolute atomic E-state index is 11.8. The molecular weight excluding hydrogens is 262 g/mol. The van der Waals surface area contributed by atoms with Crippen LogP contribution in [0.1, 0.15) is 65.7 Å². The van der Waals surface area contributed by atoms with Crippen LogP contribution in [0, 0.1) is 11.3 Å². The molecule has 96 valence electrons. The molecule has 0 atom stereocenters. The Hall–Kier alpha value is -0.790. The molecule has 1 fully saturated rings. The number of carbonyl (C=O) groups excluding carboxylic acids is 1. The summed E-state index contributed by atoms with van der Waals surface area (Å²) in [5.74, 6) is 0.529. The molecule has 2 rings (SSSR count). The van der Waals surface area contributed by atoms with E-state index in [9.17, 15) is 10.1 Å². The van der Waals surface area contributed by atoms with E-state index >= 15 is 0 Å². The summed E-state index contributed by atoms with van der Waals surface area (Å²) in [5, 5.41) is 9.39. The van der Waals surface area contributed by atoms with Gasteiger partial charge in [0.2, 0.25) is 0 Å². The molecule has 18 heavy (non-hydrogen) atoms. The Balaban J connectivity index is 2.51. The fourth-order valence-electron chi connectivity index (χ4n) is 2.71. The van der Waals surface area contributed by atoms with Crippen molar-refractivity contribution < 1.29 is 4.79 Å². The van der Waals surface area contributed by atoms with Crippen LogP contribution in [0.4, 0.5) is 0 Å². The highest BCUT2D eigenvalue weighted by molar-refractivity contribution is 8.00. The van der Waals surface area contributed by atoms with Crippen LogP contribution in [0.5, 0.6) is 0 Å². The van der Waals surface area contributed by atoms with E-state index in [4.69, 9.17) is 0 Å². The average molecular weight is 279 g/mol. The molecule has 1 aromatic rings. The zero-order chi connectivity index (χ0) is 13.1. The van der Waals surface area contributed by atoms with E-state index in [2.05, 4.69) is 6.07 Å². The van der Waals surface area contributed by atoms with Crippen LogP contribution in [0.15, 0.2) is 4.21 Å². The van der Waals surface area contributed by atoms with Gasteiger partial charge in [-0.15, -0.1) is 23.1 Å². The lowest BCUT2D eigenvalue weighted by atomic mass is 9.82. The van der Waals surface area contributed by atoms with E-state index in [0.29, 0.717) is 5.92 Å². The standard InChI is InChI=1S/C14H17NOS2/c1-9(16)13-12(10-6-4-3-5-7-10)11(8-15)14(17-2)18-13/h10H,3-7H2,1-2H3. The quantitative estimate of drug-likeness (QED) is 0.600. The van der Waals surface area contributed by atoms with E-state index in [1.54, 1.807) is 18.7 Å². The maximum Gasteiger partial charge on any atom is 0.170 e. The number of thiophene rings is 1. The smallest absolute Gasteiger partial charge is 0.170 e. The second-order valence-electron chi connectivity index (χ2n) is 4.71. The number of rotatable bonds is 3. The van der Waals surface area contributed by atoms with E-state index in [0.717, 1.165) is 33.1 Å². The van der Waals surface area contributed by atoms with Gasteiger partial charge in [-0.05, 0) is 37.5 Å². The summed E-state index contributed by atoms with van der Waals surface area (Å²) in [7, 11) is 0. The second kappa shape index (κ2) is 5.90. The van der Waals surface area contributed by atoms with Gasteiger partial charge >= 0.3 is 0 Å². The van der Waals surface area contributed by atoms with Gasteiger partial charge in [0.05, 0.1) is 14.6 Å². The molecule has 1 saturated carbocycles. The summed E-state index contributed by atoms with van der Waals surface area (Å²) in [6.07, 6.45) is 7.95. The molecule has 0 spiro atoms. The highest BCUT2D eigenvalue weighted by Crippen LogP contribution is 2.43. The summed E-state index contributed by atoms with van der Waals surface area (Å²) >= 11 is 3.08. The van der Waals surface area contributed by atoms with Crippen LogP contribution >= 0.6 is 23.1 Å². The van der Waals surface area contributed by atoms with Gasteiger partial charge in [-0.1, -0.05) is 19.3 Å². The Labute approximate surface area is 116 Å². The summed E-state index contributed by atoms with van der Waals surface area (Å²) < 4.78 is 1.00. The first-order chi connectivity index (χ1) is 8.69. The fourth-order valence-corrected chi connectivity index (χ4v) is 4.62. The van der Waals surface area contributed by atoms with Crippen LogP contribution in [-0.2, 0) is 0 Å². The number of nitriles is 1. The first-order valence-corrected chi connectivity index (χ1v) is 8.34. The molecular formula is C14H17NOS2. The van der Waals surface area contributed by atoms with Gasteiger partial charge in [0.25, 0.3) is 0 Å². The number of thioether (sulfide) groups is 1. The van der Waals surface area contributed by atoms with Crippen LogP contribution in [0.25, 0.3) is 0 Å². The summed E-state index contributed by atoms with van der Waals surface area (Å²) in [4.78, 5) is 12.6. The number of carbonyl (C=O) groups is 1. The molecule has 0 bridgehead atoms. The Morgan fingerprint density at radius 1 is 1.39 bits per heavy atom. The van der Waals surface area contributed by atoms with Crippen molar-refractivity contribution in [1.82, 2.24) is 0 Å². The highest BCUT2D eigenvalue weighted by atomic mass is 32.2. The molecule has 0 saturated heterocycles. The number of ketones is 1. The SMILES string of the molecule is CSc1sc(C(C)=O)c(C2CCCCC2)c1C#N. The van der Waals surface area contributed by atoms with Gasteiger partial charge in [0.1, 0.15) is 6.07 Å². The van der Waals surface area contributed by atoms with E-state index in [1.165, 1.54) is 30.6 Å². The Morgan fingerprint density at radius 3 is 2.56 bits per heavy atom. The molecule has 1 aliphatic carbocycles. The lowest BCUT2D eigenvalue weighted by molar-refractivity contribution is 0.102. The zero-order valence-corrected chi connectivity index (χ0v) is 12.4. The van der Waals surface area contributed by atoms with E-state index in [1.807, 2.05) is 6.26 Å². The Kier molecular flexibility index (Phi) is 4.47. The Bertz CT molecular complexity index is 493. The zero-order valence-electron chi connectivity index (χ0n) is 10.8. The molecule has 0 aromatic carbocycles. The van der Waals surface area contributed by atoms with Gasteiger partial charge in [-0.2, -0.15) is 5.26 Å². The normalized spacial score (nSPS) is 16.5. The number of hydrogen-bond acceptors (Lipinski definition) is 4. The van der Waals surface area contributed by atoms with Crippen LogP contribution in [-0.4, -0.2) is 12.0 Å². The third-order valence-electron chi connectivity index (χ3n) is 3.54. The predicted octanol–water partition coefficient (Wildman–Crippen LogP) is 4.59. The third kappa shape index (κ3) is 2.48. The molecule has 0 unspecified atom stereocenters. The van der Waals surface area contributed by atoms with Crippen LogP contribution in [0.3, 0.4) is 0 Å². The minimum atomic E-state index is 0.109. The maximum atomic E-state index is 11.8. The lowest BCUT2D eigenvalue weighted by Crippen LogP contribution is -2.08. The molecule has 0 amide bonds. The largest absolute Gasteiger partial charge is 0.294 e. The van der Waals surface area contributed by atoms with Gasteiger partial charge in [-0.25, -0.2) is 0 Å². The number of nitrogens with zero attached hydrogens (tertiary/aromatic N) is 1. The third-order valence-corrected chi connectivity index (χ3v) is 5.97. The minimum Gasteiger partial charge on any atom is -0.294 e. The average Bonchev–Trinajstić information content (AvgIpc) is 2.78. The van der Waals surface area contributed by atoms with Crippen molar-refractivity contribution >= 4 is 28.9 Å². The molecule has 1 heterocycles. The van der Waals surface area contributed by atoms with Crippen LogP contribution < -0.4 is 0 Å². The topological polar surface area (TPSA) is 40.9 Å². The Morgan fingerprint density at radius 2 is 2.06 bits per heavy atom. The molecule has 0 aliphatic heterocycles. The number of hydrogen-bond donors (Lipinski definition) is 0. The fraction of sp³-hybridized carbons (Fsp3) is 0.571. The van der Waals surface area contributed by atoms with Crippen molar-refractivity contribution in [3.63, 3.8) is 0 Å². The van der Waals surface area contributed by atoms with Crippen molar-refractivity contribution in [2.24, 2.45) is 0 Å².